The summed E-state index contributed by atoms with van der Waals surface area (Å²) in [7, 11) is 0. The Labute approximate surface area is 185 Å². The quantitative estimate of drug-likeness (QED) is 0.348. The molecule has 4 heteroatoms. The molecule has 4 unspecified atom stereocenters. The topological polar surface area (TPSA) is 26.3 Å². The number of hydrogen-bond acceptors (Lipinski definition) is 2. The van der Waals surface area contributed by atoms with Crippen molar-refractivity contribution in [2.75, 3.05) is 0 Å². The fourth-order valence-electron chi connectivity index (χ4n) is 6.69. The average molecular weight is 435 g/mol. The highest BCUT2D eigenvalue weighted by molar-refractivity contribution is 6.30. The van der Waals surface area contributed by atoms with Crippen LogP contribution < -0.4 is 4.74 Å². The molecule has 4 rings (SSSR count). The van der Waals surface area contributed by atoms with Gasteiger partial charge in [-0.05, 0) is 99.5 Å². The number of halogens is 2. The number of esters is 1. The van der Waals surface area contributed by atoms with Gasteiger partial charge in [-0.2, -0.15) is 0 Å². The van der Waals surface area contributed by atoms with Crippen molar-refractivity contribution in [3.8, 4) is 5.75 Å². The molecule has 0 spiro atoms. The zero-order chi connectivity index (χ0) is 21.1. The number of rotatable bonds is 5. The van der Waals surface area contributed by atoms with Crippen LogP contribution in [0.5, 0.6) is 5.75 Å². The number of carbonyl (C=O) groups is 1. The highest BCUT2D eigenvalue weighted by Crippen LogP contribution is 2.49. The zero-order valence-corrected chi connectivity index (χ0v) is 19.0. The molecule has 0 N–H and O–H groups in total. The van der Waals surface area contributed by atoms with Gasteiger partial charge in [-0.25, -0.2) is 4.39 Å². The van der Waals surface area contributed by atoms with E-state index in [1.54, 1.807) is 6.07 Å². The van der Waals surface area contributed by atoms with Crippen LogP contribution in [0.2, 0.25) is 5.02 Å². The van der Waals surface area contributed by atoms with Gasteiger partial charge < -0.3 is 4.74 Å². The molecule has 166 valence electrons. The van der Waals surface area contributed by atoms with E-state index in [0.29, 0.717) is 0 Å². The van der Waals surface area contributed by atoms with E-state index in [9.17, 15) is 9.18 Å². The largest absolute Gasteiger partial charge is 0.426 e. The Kier molecular flexibility index (Phi) is 7.39. The Morgan fingerprint density at radius 1 is 0.967 bits per heavy atom. The van der Waals surface area contributed by atoms with E-state index >= 15 is 0 Å². The van der Waals surface area contributed by atoms with Crippen molar-refractivity contribution in [3.63, 3.8) is 0 Å². The highest BCUT2D eigenvalue weighted by Gasteiger charge is 2.39. The predicted molar refractivity (Wildman–Crippen MR) is 119 cm³/mol. The van der Waals surface area contributed by atoms with Gasteiger partial charge in [0.1, 0.15) is 11.6 Å². The Balaban J connectivity index is 1.24. The van der Waals surface area contributed by atoms with Crippen molar-refractivity contribution >= 4 is 17.6 Å². The highest BCUT2D eigenvalue weighted by atomic mass is 35.5. The first-order valence-electron chi connectivity index (χ1n) is 12.2. The molecule has 0 saturated heterocycles. The summed E-state index contributed by atoms with van der Waals surface area (Å²) in [6, 6.07) is 4.19. The third kappa shape index (κ3) is 5.21. The van der Waals surface area contributed by atoms with Gasteiger partial charge in [0, 0.05) is 6.07 Å². The maximum atomic E-state index is 13.6. The summed E-state index contributed by atoms with van der Waals surface area (Å²) in [6.45, 7) is 2.32. The molecule has 3 fully saturated rings. The maximum absolute atomic E-state index is 13.6. The lowest BCUT2D eigenvalue weighted by molar-refractivity contribution is -0.140. The van der Waals surface area contributed by atoms with Crippen molar-refractivity contribution < 1.29 is 13.9 Å². The van der Waals surface area contributed by atoms with Crippen LogP contribution in [0, 0.1) is 41.3 Å². The van der Waals surface area contributed by atoms with E-state index in [0.717, 1.165) is 55.3 Å². The second-order valence-electron chi connectivity index (χ2n) is 10.2. The van der Waals surface area contributed by atoms with Gasteiger partial charge in [-0.3, -0.25) is 4.79 Å². The number of hydrogen-bond donors (Lipinski definition) is 0. The summed E-state index contributed by atoms with van der Waals surface area (Å²) in [5, 5.41) is 0.0453. The fourth-order valence-corrected chi connectivity index (χ4v) is 6.80. The summed E-state index contributed by atoms with van der Waals surface area (Å²) in [5.74, 6) is 3.99. The van der Waals surface area contributed by atoms with Gasteiger partial charge in [0.2, 0.25) is 0 Å². The third-order valence-electron chi connectivity index (χ3n) is 8.34. The minimum Gasteiger partial charge on any atom is -0.426 e. The molecule has 4 atom stereocenters. The van der Waals surface area contributed by atoms with E-state index in [1.807, 2.05) is 0 Å². The summed E-state index contributed by atoms with van der Waals surface area (Å²) in [4.78, 5) is 12.5. The average Bonchev–Trinajstić information content (AvgIpc) is 2.76. The summed E-state index contributed by atoms with van der Waals surface area (Å²) < 4.78 is 19.0. The van der Waals surface area contributed by atoms with Crippen LogP contribution in [0.15, 0.2) is 18.2 Å². The Morgan fingerprint density at radius 3 is 2.30 bits per heavy atom. The minimum atomic E-state index is -0.551. The van der Waals surface area contributed by atoms with Crippen LogP contribution in [0.4, 0.5) is 4.39 Å². The lowest BCUT2D eigenvalue weighted by atomic mass is 9.60. The molecule has 30 heavy (non-hydrogen) atoms. The van der Waals surface area contributed by atoms with Crippen LogP contribution in [0.1, 0.15) is 84.0 Å². The monoisotopic (exact) mass is 434 g/mol. The zero-order valence-electron chi connectivity index (χ0n) is 18.3. The van der Waals surface area contributed by atoms with E-state index in [2.05, 4.69) is 6.92 Å². The molecule has 0 radical (unpaired) electrons. The van der Waals surface area contributed by atoms with E-state index < -0.39 is 5.82 Å². The van der Waals surface area contributed by atoms with Gasteiger partial charge in [-0.1, -0.05) is 37.8 Å². The first-order valence-corrected chi connectivity index (χ1v) is 12.6. The molecule has 1 aromatic rings. The van der Waals surface area contributed by atoms with Gasteiger partial charge in [0.05, 0.1) is 10.9 Å². The summed E-state index contributed by atoms with van der Waals surface area (Å²) in [5.41, 5.74) is 0. The molecule has 3 aliphatic rings. The first-order chi connectivity index (χ1) is 14.5. The molecular weight excluding hydrogens is 399 g/mol. The van der Waals surface area contributed by atoms with E-state index in [4.69, 9.17) is 16.3 Å². The van der Waals surface area contributed by atoms with E-state index in [1.165, 1.54) is 63.5 Å². The van der Waals surface area contributed by atoms with Gasteiger partial charge in [0.25, 0.3) is 0 Å². The smallest absolute Gasteiger partial charge is 0.314 e. The summed E-state index contributed by atoms with van der Waals surface area (Å²) in [6.07, 6.45) is 15.5. The van der Waals surface area contributed by atoms with Crippen molar-refractivity contribution in [1.29, 1.82) is 0 Å². The Bertz CT molecular complexity index is 728. The van der Waals surface area contributed by atoms with Crippen LogP contribution >= 0.6 is 11.6 Å². The van der Waals surface area contributed by atoms with Crippen molar-refractivity contribution in [3.05, 3.63) is 29.0 Å². The van der Waals surface area contributed by atoms with Gasteiger partial charge in [-0.15, -0.1) is 0 Å². The van der Waals surface area contributed by atoms with Crippen molar-refractivity contribution in [2.45, 2.75) is 84.0 Å². The molecule has 0 aliphatic heterocycles. The van der Waals surface area contributed by atoms with Gasteiger partial charge >= 0.3 is 5.97 Å². The van der Waals surface area contributed by atoms with Crippen molar-refractivity contribution in [2.24, 2.45) is 35.5 Å². The second-order valence-corrected chi connectivity index (χ2v) is 10.6. The molecule has 1 aromatic carbocycles. The standard InChI is InChI=1S/C26H36ClFO2/c1-2-3-17-4-5-22-15-21(11-10-20(22)14-17)18-6-8-19(9-7-18)26(29)30-23-12-13-24(27)25(28)16-23/h12-13,16-22H,2-11,14-15H2,1H3. The minimum absolute atomic E-state index is 0.0453. The van der Waals surface area contributed by atoms with Crippen molar-refractivity contribution in [1.82, 2.24) is 0 Å². The number of benzene rings is 1. The normalized spacial score (nSPS) is 34.2. The molecule has 0 heterocycles. The van der Waals surface area contributed by atoms with Crippen LogP contribution in [-0.2, 0) is 4.79 Å². The van der Waals surface area contributed by atoms with Crippen LogP contribution in [-0.4, -0.2) is 5.97 Å². The molecule has 0 amide bonds. The second kappa shape index (κ2) is 10.0. The van der Waals surface area contributed by atoms with Gasteiger partial charge in [0.15, 0.2) is 0 Å². The maximum Gasteiger partial charge on any atom is 0.314 e. The van der Waals surface area contributed by atoms with Crippen LogP contribution in [0.25, 0.3) is 0 Å². The third-order valence-corrected chi connectivity index (χ3v) is 8.65. The lowest BCUT2D eigenvalue weighted by Gasteiger charge is -2.45. The summed E-state index contributed by atoms with van der Waals surface area (Å²) >= 11 is 5.70. The fraction of sp³-hybridized carbons (Fsp3) is 0.731. The Morgan fingerprint density at radius 2 is 1.60 bits per heavy atom. The molecular formula is C26H36ClFO2. The molecule has 3 aliphatic carbocycles. The Hall–Kier alpha value is -1.09. The predicted octanol–water partition coefficient (Wildman–Crippen LogP) is 7.82. The molecule has 0 aromatic heterocycles. The first kappa shape index (κ1) is 22.1. The number of ether oxygens (including phenoxy) is 1. The number of fused-ring (bicyclic) bond motifs is 1. The molecule has 2 nitrogen and oxygen atoms in total. The number of carbonyl (C=O) groups excluding carboxylic acids is 1. The lowest BCUT2D eigenvalue weighted by Crippen LogP contribution is -2.35. The molecule has 3 saturated carbocycles. The SMILES string of the molecule is CCCC1CCC2CC(C3CCC(C(=O)Oc4ccc(Cl)c(F)c4)CC3)CCC2C1. The van der Waals surface area contributed by atoms with E-state index in [-0.39, 0.29) is 22.7 Å². The molecule has 0 bridgehead atoms. The van der Waals surface area contributed by atoms with Crippen LogP contribution in [0.3, 0.4) is 0 Å².